The third-order valence-electron chi connectivity index (χ3n) is 10.3. The number of unbranched alkanes of at least 4 members (excludes halogenated alkanes) is 12. The number of allylic oxidation sites excluding steroid dienone is 10. The maximum absolute atomic E-state index is 13.0. The van der Waals surface area contributed by atoms with Crippen LogP contribution >= 0.6 is 15.6 Å². The number of hydrogen-bond donors (Lipinski definition) is 8. The van der Waals surface area contributed by atoms with Crippen molar-refractivity contribution < 1.29 is 82.0 Å². The van der Waals surface area contributed by atoms with Gasteiger partial charge in [0.2, 0.25) is 0 Å². The molecule has 0 bridgehead atoms. The number of carbonyl (C=O) groups is 2. The Labute approximate surface area is 392 Å². The predicted octanol–water partition coefficient (Wildman–Crippen LogP) is 7.81. The van der Waals surface area contributed by atoms with Crippen molar-refractivity contribution in [3.8, 4) is 0 Å². The summed E-state index contributed by atoms with van der Waals surface area (Å²) in [5, 5.41) is 51.1. The molecule has 380 valence electrons. The molecule has 0 aromatic rings. The lowest BCUT2D eigenvalue weighted by Gasteiger charge is -2.43. The van der Waals surface area contributed by atoms with Gasteiger partial charge in [-0.25, -0.2) is 9.13 Å². The second-order valence-corrected chi connectivity index (χ2v) is 18.9. The van der Waals surface area contributed by atoms with E-state index >= 15 is 0 Å². The van der Waals surface area contributed by atoms with Crippen molar-refractivity contribution in [1.29, 1.82) is 0 Å². The number of esters is 2. The summed E-state index contributed by atoms with van der Waals surface area (Å²) in [5.74, 6) is -1.29. The summed E-state index contributed by atoms with van der Waals surface area (Å²) >= 11 is 0. The smallest absolute Gasteiger partial charge is 0.462 e. The third kappa shape index (κ3) is 31.4. The molecule has 19 heteroatoms. The molecule has 0 aliphatic heterocycles. The number of ether oxygens (including phenoxy) is 2. The zero-order valence-electron chi connectivity index (χ0n) is 39.0. The van der Waals surface area contributed by atoms with Crippen LogP contribution in [0.1, 0.15) is 149 Å². The molecule has 9 atom stereocenters. The minimum absolute atomic E-state index is 0.000390. The summed E-state index contributed by atoms with van der Waals surface area (Å²) < 4.78 is 49.3. The van der Waals surface area contributed by atoms with Crippen LogP contribution in [0.3, 0.4) is 0 Å². The molecule has 0 amide bonds. The molecule has 8 N–H and O–H groups in total. The first-order valence-corrected chi connectivity index (χ1v) is 26.6. The maximum Gasteiger partial charge on any atom is 0.472 e. The predicted molar refractivity (Wildman–Crippen MR) is 252 cm³/mol. The Morgan fingerprint density at radius 2 is 1.11 bits per heavy atom. The zero-order valence-corrected chi connectivity index (χ0v) is 40.7. The first-order valence-electron chi connectivity index (χ1n) is 23.6. The molecule has 66 heavy (non-hydrogen) atoms. The van der Waals surface area contributed by atoms with Crippen molar-refractivity contribution >= 4 is 27.6 Å². The minimum Gasteiger partial charge on any atom is -0.462 e. The van der Waals surface area contributed by atoms with E-state index in [1.807, 2.05) is 37.3 Å². The summed E-state index contributed by atoms with van der Waals surface area (Å²) in [6, 6.07) is 0. The number of aliphatic hydroxyl groups is 5. The van der Waals surface area contributed by atoms with E-state index < -0.39 is 89.6 Å². The van der Waals surface area contributed by atoms with Gasteiger partial charge in [-0.15, -0.1) is 0 Å². The van der Waals surface area contributed by atoms with Crippen LogP contribution in [0.15, 0.2) is 72.9 Å². The van der Waals surface area contributed by atoms with Gasteiger partial charge >= 0.3 is 27.6 Å². The Balaban J connectivity index is 2.64. The molecule has 1 aliphatic carbocycles. The number of phosphoric acid groups is 2. The molecule has 1 rings (SSSR count). The van der Waals surface area contributed by atoms with Crippen molar-refractivity contribution in [3.63, 3.8) is 0 Å². The molecule has 0 heterocycles. The topological polar surface area (TPSA) is 276 Å². The van der Waals surface area contributed by atoms with Crippen molar-refractivity contribution in [2.75, 3.05) is 13.2 Å². The zero-order chi connectivity index (χ0) is 49.1. The standard InChI is InChI=1S/C47H80O17P2/c1-3-5-7-8-9-10-11-12-13-14-15-16-17-20-24-27-31-35-41(50)62-39(36-60-40(49)34-30-26-23-21-18-19-22-25-29-33-38(48)32-28-6-4-2)37-61-66(58,59)64-47-44(53)42(51)43(52)46(45(47)54)63-65(55,56)57/h6,9-10,12-13,15-16,22,25,28-29,33,38-39,42-48,51-54H,3-5,7-8,11,14,17-21,23-24,26-27,30-32,34-37H2,1-2H3,(H,58,59)(H2,55,56,57)/b10-9-,13-12-,16-15-,25-22+,28-6+,33-29+/t38?,39-,42?,43?,44?,45?,46-,47+/m1/s1. The number of carbonyl (C=O) groups excluding carboxylic acids is 2. The first-order chi connectivity index (χ1) is 31.5. The first kappa shape index (κ1) is 61.4. The van der Waals surface area contributed by atoms with Gasteiger partial charge in [-0.3, -0.25) is 23.2 Å². The molecule has 17 nitrogen and oxygen atoms in total. The lowest BCUT2D eigenvalue weighted by molar-refractivity contribution is -0.216. The van der Waals surface area contributed by atoms with Gasteiger partial charge in [-0.2, -0.15) is 0 Å². The maximum atomic E-state index is 13.0. The highest BCUT2D eigenvalue weighted by Gasteiger charge is 2.54. The quantitative estimate of drug-likeness (QED) is 0.00963. The molecule has 1 saturated carbocycles. The lowest BCUT2D eigenvalue weighted by atomic mass is 9.85. The van der Waals surface area contributed by atoms with E-state index in [0.29, 0.717) is 19.3 Å². The third-order valence-corrected chi connectivity index (χ3v) is 11.8. The SMILES string of the molecule is CC/C=C/CC(O)/C=C/C=C/CCCCCCCC(=O)OC[C@H](COP(=O)(O)O[C@H]1C(O)C(O)C(O)[C@@H](OP(=O)(O)O)C1O)OC(=O)CCCCCC/C=C\C/C=C\C/C=C\CCCCC. The summed E-state index contributed by atoms with van der Waals surface area (Å²) in [4.78, 5) is 54.3. The van der Waals surface area contributed by atoms with Gasteiger partial charge in [0.25, 0.3) is 0 Å². The highest BCUT2D eigenvalue weighted by Crippen LogP contribution is 2.49. The summed E-state index contributed by atoms with van der Waals surface area (Å²) in [5.41, 5.74) is 0. The van der Waals surface area contributed by atoms with E-state index in [-0.39, 0.29) is 12.8 Å². The van der Waals surface area contributed by atoms with Gasteiger partial charge in [-0.1, -0.05) is 132 Å². The van der Waals surface area contributed by atoms with Crippen LogP contribution in [-0.4, -0.2) is 114 Å². The van der Waals surface area contributed by atoms with Gasteiger partial charge in [0.1, 0.15) is 43.2 Å². The van der Waals surface area contributed by atoms with Crippen molar-refractivity contribution in [2.24, 2.45) is 0 Å². The molecular formula is C47H80O17P2. The Morgan fingerprint density at radius 1 is 0.576 bits per heavy atom. The van der Waals surface area contributed by atoms with Gasteiger partial charge in [0.15, 0.2) is 6.10 Å². The molecule has 6 unspecified atom stereocenters. The fourth-order valence-corrected chi connectivity index (χ4v) is 8.19. The highest BCUT2D eigenvalue weighted by molar-refractivity contribution is 7.47. The molecule has 0 spiro atoms. The summed E-state index contributed by atoms with van der Waals surface area (Å²) in [6.45, 7) is 2.82. The second-order valence-electron chi connectivity index (χ2n) is 16.3. The van der Waals surface area contributed by atoms with Crippen LogP contribution in [0.5, 0.6) is 0 Å². The van der Waals surface area contributed by atoms with Crippen LogP contribution in [0.4, 0.5) is 0 Å². The Hall–Kier alpha value is -2.60. The number of aliphatic hydroxyl groups excluding tert-OH is 5. The average molecular weight is 979 g/mol. The number of phosphoric ester groups is 2. The average Bonchev–Trinajstić information content (AvgIpc) is 3.26. The number of rotatable bonds is 38. The van der Waals surface area contributed by atoms with Gasteiger partial charge in [0.05, 0.1) is 12.7 Å². The monoisotopic (exact) mass is 978 g/mol. The Kier molecular flexibility index (Phi) is 34.7. The van der Waals surface area contributed by atoms with Gasteiger partial charge < -0.3 is 49.7 Å². The second kappa shape index (κ2) is 37.3. The molecule has 0 aromatic heterocycles. The molecule has 0 saturated heterocycles. The fourth-order valence-electron chi connectivity index (χ4n) is 6.66. The van der Waals surface area contributed by atoms with E-state index in [4.69, 9.17) is 18.5 Å². The van der Waals surface area contributed by atoms with Crippen molar-refractivity contribution in [2.45, 2.75) is 198 Å². The van der Waals surface area contributed by atoms with Gasteiger partial charge in [-0.05, 0) is 77.0 Å². The van der Waals surface area contributed by atoms with Crippen LogP contribution in [0, 0.1) is 0 Å². The van der Waals surface area contributed by atoms with E-state index in [2.05, 4.69) is 47.9 Å². The summed E-state index contributed by atoms with van der Waals surface area (Å²) in [7, 11) is -10.7. The molecule has 0 aromatic carbocycles. The normalized spacial score (nSPS) is 22.6. The van der Waals surface area contributed by atoms with Crippen molar-refractivity contribution in [1.82, 2.24) is 0 Å². The van der Waals surface area contributed by atoms with Crippen LogP contribution < -0.4 is 0 Å². The Bertz CT molecular complexity index is 1570. The lowest BCUT2D eigenvalue weighted by Crippen LogP contribution is -2.64. The van der Waals surface area contributed by atoms with E-state index in [9.17, 15) is 58.9 Å². The van der Waals surface area contributed by atoms with E-state index in [1.54, 1.807) is 6.08 Å². The van der Waals surface area contributed by atoms with Crippen LogP contribution in [-0.2, 0) is 41.8 Å². The largest absolute Gasteiger partial charge is 0.472 e. The van der Waals surface area contributed by atoms with E-state index in [0.717, 1.165) is 83.5 Å². The highest BCUT2D eigenvalue weighted by atomic mass is 31.2. The molecule has 1 aliphatic rings. The number of hydrogen-bond acceptors (Lipinski definition) is 14. The van der Waals surface area contributed by atoms with Crippen LogP contribution in [0.25, 0.3) is 0 Å². The van der Waals surface area contributed by atoms with Gasteiger partial charge in [0, 0.05) is 12.8 Å². The molecule has 0 radical (unpaired) electrons. The van der Waals surface area contributed by atoms with Crippen LogP contribution in [0.2, 0.25) is 0 Å². The van der Waals surface area contributed by atoms with Crippen molar-refractivity contribution in [3.05, 3.63) is 72.9 Å². The fraction of sp³-hybridized carbons (Fsp3) is 0.702. The van der Waals surface area contributed by atoms with E-state index in [1.165, 1.54) is 19.3 Å². The molecule has 1 fully saturated rings. The minimum atomic E-state index is -5.38. The summed E-state index contributed by atoms with van der Waals surface area (Å²) in [6.07, 6.45) is 26.1. The Morgan fingerprint density at radius 3 is 1.70 bits per heavy atom. The molecular weight excluding hydrogens is 898 g/mol.